The average Bonchev–Trinajstić information content (AvgIpc) is 3.17. The lowest BCUT2D eigenvalue weighted by Crippen LogP contribution is -2.17. The minimum absolute atomic E-state index is 0.247. The Kier molecular flexibility index (Phi) is 6.49. The molecule has 1 N–H and O–H groups in total. The van der Waals surface area contributed by atoms with Crippen LogP contribution in [0.1, 0.15) is 25.6 Å². The highest BCUT2D eigenvalue weighted by atomic mass is 35.5. The predicted molar refractivity (Wildman–Crippen MR) is 126 cm³/mol. The highest BCUT2D eigenvalue weighted by molar-refractivity contribution is 7.21. The Morgan fingerprint density at radius 2 is 1.75 bits per heavy atom. The number of ether oxygens (including phenoxy) is 2. The molecule has 4 aromatic rings. The van der Waals surface area contributed by atoms with Crippen LogP contribution in [0.2, 0.25) is 5.02 Å². The van der Waals surface area contributed by atoms with Crippen molar-refractivity contribution in [2.45, 2.75) is 0 Å². The Morgan fingerprint density at radius 3 is 2.50 bits per heavy atom. The van der Waals surface area contributed by atoms with Gasteiger partial charge in [-0.15, -0.1) is 11.3 Å². The summed E-state index contributed by atoms with van der Waals surface area (Å²) in [5.74, 6) is -0.295. The minimum Gasteiger partial charge on any atom is -0.493 e. The number of carbonyl (C=O) groups is 2. The Bertz CT molecular complexity index is 1320. The molecule has 3 aromatic carbocycles. The van der Waals surface area contributed by atoms with Crippen LogP contribution in [0.25, 0.3) is 10.1 Å². The van der Waals surface area contributed by atoms with Crippen LogP contribution in [0.3, 0.4) is 0 Å². The Balaban J connectivity index is 1.47. The number of hydrogen-bond acceptors (Lipinski definition) is 6. The van der Waals surface area contributed by atoms with Gasteiger partial charge in [-0.05, 0) is 42.0 Å². The molecule has 0 unspecified atom stereocenters. The van der Waals surface area contributed by atoms with Gasteiger partial charge in [0.1, 0.15) is 4.88 Å². The Morgan fingerprint density at radius 1 is 1.00 bits per heavy atom. The zero-order valence-electron chi connectivity index (χ0n) is 16.9. The van der Waals surface area contributed by atoms with Gasteiger partial charge in [-0.2, -0.15) is 5.10 Å². The van der Waals surface area contributed by atoms with Gasteiger partial charge >= 0.3 is 5.97 Å². The molecule has 0 saturated heterocycles. The second kappa shape index (κ2) is 9.64. The van der Waals surface area contributed by atoms with Crippen molar-refractivity contribution in [2.75, 3.05) is 7.11 Å². The number of methoxy groups -OCH3 is 1. The molecule has 1 heterocycles. The molecule has 32 heavy (non-hydrogen) atoms. The molecule has 8 heteroatoms. The lowest BCUT2D eigenvalue weighted by atomic mass is 10.2. The van der Waals surface area contributed by atoms with Crippen molar-refractivity contribution in [3.8, 4) is 11.5 Å². The lowest BCUT2D eigenvalue weighted by molar-refractivity contribution is 0.0734. The molecular formula is C24H17ClN2O4S. The highest BCUT2D eigenvalue weighted by Gasteiger charge is 2.20. The quantitative estimate of drug-likeness (QED) is 0.176. The second-order valence-electron chi connectivity index (χ2n) is 6.61. The van der Waals surface area contributed by atoms with Crippen LogP contribution in [0.4, 0.5) is 0 Å². The van der Waals surface area contributed by atoms with Gasteiger partial charge in [0, 0.05) is 15.6 Å². The van der Waals surface area contributed by atoms with E-state index in [0.29, 0.717) is 26.8 Å². The number of nitrogens with zero attached hydrogens (tertiary/aromatic N) is 1. The summed E-state index contributed by atoms with van der Waals surface area (Å²) in [5.41, 5.74) is 3.62. The van der Waals surface area contributed by atoms with Crippen LogP contribution in [-0.4, -0.2) is 25.2 Å². The third-order valence-electron chi connectivity index (χ3n) is 4.53. The third-order valence-corrected chi connectivity index (χ3v) is 6.18. The molecule has 0 radical (unpaired) electrons. The first-order valence-corrected chi connectivity index (χ1v) is 10.7. The van der Waals surface area contributed by atoms with Crippen LogP contribution in [0.5, 0.6) is 11.5 Å². The molecular weight excluding hydrogens is 448 g/mol. The molecule has 0 fully saturated rings. The largest absolute Gasteiger partial charge is 0.493 e. The van der Waals surface area contributed by atoms with Gasteiger partial charge in [-0.1, -0.05) is 48.0 Å². The molecule has 0 spiro atoms. The first kappa shape index (κ1) is 21.5. The fourth-order valence-corrected chi connectivity index (χ4v) is 4.34. The number of esters is 1. The van der Waals surface area contributed by atoms with Crippen LogP contribution >= 0.6 is 22.9 Å². The van der Waals surface area contributed by atoms with E-state index in [-0.39, 0.29) is 11.7 Å². The topological polar surface area (TPSA) is 77.0 Å². The number of carbonyl (C=O) groups excluding carboxylic acids is 2. The number of thiophene rings is 1. The van der Waals surface area contributed by atoms with Gasteiger partial charge in [0.05, 0.1) is 18.3 Å². The first-order valence-electron chi connectivity index (χ1n) is 9.52. The highest BCUT2D eigenvalue weighted by Crippen LogP contribution is 2.36. The predicted octanol–water partition coefficient (Wildman–Crippen LogP) is 5.55. The van der Waals surface area contributed by atoms with E-state index in [1.54, 1.807) is 42.5 Å². The molecule has 0 aliphatic carbocycles. The molecule has 0 aliphatic rings. The second-order valence-corrected chi connectivity index (χ2v) is 8.04. The minimum atomic E-state index is -0.564. The summed E-state index contributed by atoms with van der Waals surface area (Å²) in [4.78, 5) is 25.1. The molecule has 1 aromatic heterocycles. The molecule has 0 aliphatic heterocycles. The number of nitrogens with one attached hydrogen (secondary N) is 1. The maximum Gasteiger partial charge on any atom is 0.355 e. The van der Waals surface area contributed by atoms with Gasteiger partial charge in [0.15, 0.2) is 11.5 Å². The van der Waals surface area contributed by atoms with Crippen molar-refractivity contribution in [2.24, 2.45) is 5.10 Å². The number of rotatable bonds is 6. The van der Waals surface area contributed by atoms with Crippen molar-refractivity contribution in [3.05, 3.63) is 93.8 Å². The van der Waals surface area contributed by atoms with Crippen LogP contribution in [-0.2, 0) is 0 Å². The van der Waals surface area contributed by atoms with Gasteiger partial charge in [0.25, 0.3) is 5.91 Å². The number of benzene rings is 3. The number of amides is 1. The lowest BCUT2D eigenvalue weighted by Gasteiger charge is -2.09. The van der Waals surface area contributed by atoms with Gasteiger partial charge in [-0.3, -0.25) is 4.79 Å². The number of fused-ring (bicyclic) bond motifs is 1. The van der Waals surface area contributed by atoms with Crippen molar-refractivity contribution in [3.63, 3.8) is 0 Å². The average molecular weight is 465 g/mol. The zero-order valence-corrected chi connectivity index (χ0v) is 18.4. The molecule has 160 valence electrons. The van der Waals surface area contributed by atoms with E-state index >= 15 is 0 Å². The maximum atomic E-state index is 12.7. The fraction of sp³-hybridized carbons (Fsp3) is 0.0417. The van der Waals surface area contributed by atoms with Crippen molar-refractivity contribution in [1.29, 1.82) is 0 Å². The van der Waals surface area contributed by atoms with Gasteiger partial charge in [0.2, 0.25) is 0 Å². The smallest absolute Gasteiger partial charge is 0.355 e. The summed E-state index contributed by atoms with van der Waals surface area (Å²) < 4.78 is 11.8. The van der Waals surface area contributed by atoms with E-state index in [4.69, 9.17) is 21.1 Å². The van der Waals surface area contributed by atoms with E-state index in [2.05, 4.69) is 10.5 Å². The van der Waals surface area contributed by atoms with Crippen molar-refractivity contribution < 1.29 is 19.1 Å². The van der Waals surface area contributed by atoms with E-state index in [1.807, 2.05) is 30.3 Å². The van der Waals surface area contributed by atoms with Crippen LogP contribution in [0.15, 0.2) is 77.9 Å². The van der Waals surface area contributed by atoms with Crippen molar-refractivity contribution in [1.82, 2.24) is 5.43 Å². The summed E-state index contributed by atoms with van der Waals surface area (Å²) in [5, 5.41) is 5.14. The van der Waals surface area contributed by atoms with Gasteiger partial charge in [-0.25, -0.2) is 10.2 Å². The van der Waals surface area contributed by atoms with E-state index in [1.165, 1.54) is 24.7 Å². The maximum absolute atomic E-state index is 12.7. The third kappa shape index (κ3) is 4.64. The molecule has 0 bridgehead atoms. The summed E-state index contributed by atoms with van der Waals surface area (Å²) in [6, 6.07) is 21.2. The summed E-state index contributed by atoms with van der Waals surface area (Å²) in [6.45, 7) is 0. The summed E-state index contributed by atoms with van der Waals surface area (Å²) in [7, 11) is 1.47. The molecule has 1 amide bonds. The molecule has 0 atom stereocenters. The fourth-order valence-electron chi connectivity index (χ4n) is 2.96. The normalized spacial score (nSPS) is 10.9. The molecule has 0 saturated carbocycles. The Hall–Kier alpha value is -3.68. The summed E-state index contributed by atoms with van der Waals surface area (Å²) in [6.07, 6.45) is 1.47. The van der Waals surface area contributed by atoms with E-state index in [9.17, 15) is 9.59 Å². The first-order chi connectivity index (χ1) is 15.6. The SMILES string of the molecule is COc1cc(/C=N/NC(=O)c2ccccc2)ccc1OC(=O)c1sc2ccccc2c1Cl. The number of halogens is 1. The number of hydrogen-bond donors (Lipinski definition) is 1. The van der Waals surface area contributed by atoms with E-state index in [0.717, 1.165) is 10.1 Å². The zero-order chi connectivity index (χ0) is 22.5. The summed E-state index contributed by atoms with van der Waals surface area (Å²) >= 11 is 7.64. The van der Waals surface area contributed by atoms with Gasteiger partial charge < -0.3 is 9.47 Å². The Labute approximate surface area is 193 Å². The van der Waals surface area contributed by atoms with Crippen LogP contribution < -0.4 is 14.9 Å². The van der Waals surface area contributed by atoms with E-state index < -0.39 is 5.97 Å². The standard InChI is InChI=1S/C24H17ClN2O4S/c1-30-19-13-15(14-26-27-23(28)16-7-3-2-4-8-16)11-12-18(19)31-24(29)22-21(25)17-9-5-6-10-20(17)32-22/h2-14H,1H3,(H,27,28)/b26-14+. The monoisotopic (exact) mass is 464 g/mol. The van der Waals surface area contributed by atoms with Crippen LogP contribution in [0, 0.1) is 0 Å². The number of hydrazone groups is 1. The molecule has 6 nitrogen and oxygen atoms in total. The van der Waals surface area contributed by atoms with Crippen molar-refractivity contribution >= 4 is 51.1 Å². The molecule has 4 rings (SSSR count).